The fourth-order valence-corrected chi connectivity index (χ4v) is 1.76. The summed E-state index contributed by atoms with van der Waals surface area (Å²) in [6.45, 7) is 2.16. The lowest BCUT2D eigenvalue weighted by Gasteiger charge is -2.09. The molecule has 1 rings (SSSR count). The lowest BCUT2D eigenvalue weighted by molar-refractivity contribution is -0.384. The number of halogens is 2. The molecule has 0 spiro atoms. The van der Waals surface area contributed by atoms with Crippen LogP contribution in [-0.2, 0) is 0 Å². The number of amides is 1. The van der Waals surface area contributed by atoms with Crippen molar-refractivity contribution in [1.29, 1.82) is 0 Å². The second kappa shape index (κ2) is 6.70. The molecule has 0 radical (unpaired) electrons. The van der Waals surface area contributed by atoms with Crippen molar-refractivity contribution in [3.05, 3.63) is 37.9 Å². The second-order valence-electron chi connectivity index (χ2n) is 4.07. The molecular formula is C11H13Cl2N3O3. The number of nitro groups is 1. The lowest BCUT2D eigenvalue weighted by Crippen LogP contribution is -2.29. The summed E-state index contributed by atoms with van der Waals surface area (Å²) < 4.78 is 0. The van der Waals surface area contributed by atoms with Crippen molar-refractivity contribution >= 4 is 34.8 Å². The van der Waals surface area contributed by atoms with Crippen LogP contribution in [0.2, 0.25) is 10.0 Å². The van der Waals surface area contributed by atoms with E-state index in [2.05, 4.69) is 5.32 Å². The van der Waals surface area contributed by atoms with Crippen LogP contribution >= 0.6 is 23.2 Å². The third kappa shape index (κ3) is 4.34. The van der Waals surface area contributed by atoms with Gasteiger partial charge in [-0.2, -0.15) is 0 Å². The second-order valence-corrected chi connectivity index (χ2v) is 4.85. The molecule has 0 aliphatic carbocycles. The molecule has 0 saturated carbocycles. The molecule has 0 aromatic heterocycles. The fourth-order valence-electron chi connectivity index (χ4n) is 1.35. The van der Waals surface area contributed by atoms with E-state index in [9.17, 15) is 14.9 Å². The van der Waals surface area contributed by atoms with E-state index in [-0.39, 0.29) is 27.3 Å². The zero-order valence-corrected chi connectivity index (χ0v) is 11.7. The highest BCUT2D eigenvalue weighted by molar-refractivity contribution is 6.44. The molecule has 1 aromatic carbocycles. The maximum atomic E-state index is 11.9. The number of hydrogen-bond donors (Lipinski definition) is 2. The van der Waals surface area contributed by atoms with Gasteiger partial charge in [-0.3, -0.25) is 14.9 Å². The molecular weight excluding hydrogens is 293 g/mol. The van der Waals surface area contributed by atoms with E-state index < -0.39 is 10.8 Å². The smallest absolute Gasteiger partial charge is 0.271 e. The van der Waals surface area contributed by atoms with Gasteiger partial charge in [0.1, 0.15) is 0 Å². The van der Waals surface area contributed by atoms with Gasteiger partial charge in [-0.15, -0.1) is 0 Å². The highest BCUT2D eigenvalue weighted by atomic mass is 35.5. The Hall–Kier alpha value is -1.37. The molecule has 1 atom stereocenters. The van der Waals surface area contributed by atoms with Gasteiger partial charge in [-0.05, 0) is 13.3 Å². The van der Waals surface area contributed by atoms with Gasteiger partial charge in [-0.25, -0.2) is 0 Å². The molecule has 0 fully saturated rings. The normalized spacial score (nSPS) is 12.0. The van der Waals surface area contributed by atoms with E-state index in [1.807, 2.05) is 6.92 Å². The van der Waals surface area contributed by atoms with Gasteiger partial charge >= 0.3 is 0 Å². The first kappa shape index (κ1) is 15.7. The van der Waals surface area contributed by atoms with Gasteiger partial charge in [0.25, 0.3) is 11.6 Å². The number of non-ortho nitro benzene ring substituents is 1. The van der Waals surface area contributed by atoms with Crippen molar-refractivity contribution in [3.63, 3.8) is 0 Å². The van der Waals surface area contributed by atoms with Gasteiger partial charge < -0.3 is 11.1 Å². The SMILES string of the molecule is CC(N)CCNC(=O)c1cc([N+](=O)[O-])cc(Cl)c1Cl. The summed E-state index contributed by atoms with van der Waals surface area (Å²) >= 11 is 11.6. The topological polar surface area (TPSA) is 98.3 Å². The van der Waals surface area contributed by atoms with Crippen LogP contribution in [0.15, 0.2) is 12.1 Å². The van der Waals surface area contributed by atoms with Gasteiger partial charge in [0.05, 0.1) is 20.5 Å². The highest BCUT2D eigenvalue weighted by Gasteiger charge is 2.19. The summed E-state index contributed by atoms with van der Waals surface area (Å²) in [6.07, 6.45) is 0.589. The van der Waals surface area contributed by atoms with Crippen molar-refractivity contribution in [2.45, 2.75) is 19.4 Å². The first-order chi connectivity index (χ1) is 8.82. The van der Waals surface area contributed by atoms with Crippen molar-refractivity contribution < 1.29 is 9.72 Å². The van der Waals surface area contributed by atoms with E-state index in [4.69, 9.17) is 28.9 Å². The van der Waals surface area contributed by atoms with Crippen LogP contribution in [0.1, 0.15) is 23.7 Å². The number of carbonyl (C=O) groups excluding carboxylic acids is 1. The highest BCUT2D eigenvalue weighted by Crippen LogP contribution is 2.30. The molecule has 1 unspecified atom stereocenters. The van der Waals surface area contributed by atoms with Crippen LogP contribution < -0.4 is 11.1 Å². The van der Waals surface area contributed by atoms with E-state index in [0.29, 0.717) is 13.0 Å². The quantitative estimate of drug-likeness (QED) is 0.644. The average Bonchev–Trinajstić information content (AvgIpc) is 2.31. The van der Waals surface area contributed by atoms with E-state index in [0.717, 1.165) is 12.1 Å². The monoisotopic (exact) mass is 305 g/mol. The van der Waals surface area contributed by atoms with E-state index in [1.165, 1.54) is 0 Å². The minimum absolute atomic E-state index is 0.00874. The van der Waals surface area contributed by atoms with Gasteiger partial charge in [0.2, 0.25) is 0 Å². The standard InChI is InChI=1S/C11H13Cl2N3O3/c1-6(14)2-3-15-11(17)8-4-7(16(18)19)5-9(12)10(8)13/h4-6H,2-3,14H2,1H3,(H,15,17). The largest absolute Gasteiger partial charge is 0.352 e. The molecule has 19 heavy (non-hydrogen) atoms. The van der Waals surface area contributed by atoms with Gasteiger partial charge in [0.15, 0.2) is 0 Å². The number of hydrogen-bond acceptors (Lipinski definition) is 4. The minimum atomic E-state index is -0.638. The van der Waals surface area contributed by atoms with Crippen LogP contribution in [0.3, 0.4) is 0 Å². The summed E-state index contributed by atoms with van der Waals surface area (Å²) in [6, 6.07) is 2.14. The molecule has 6 nitrogen and oxygen atoms in total. The average molecular weight is 306 g/mol. The Bertz CT molecular complexity index is 506. The van der Waals surface area contributed by atoms with E-state index >= 15 is 0 Å². The molecule has 104 valence electrons. The number of nitrogens with one attached hydrogen (secondary N) is 1. The number of carbonyl (C=O) groups is 1. The molecule has 0 saturated heterocycles. The molecule has 3 N–H and O–H groups in total. The number of nitrogens with two attached hydrogens (primary N) is 1. The molecule has 0 aliphatic heterocycles. The molecule has 1 amide bonds. The molecule has 1 aromatic rings. The van der Waals surface area contributed by atoms with Gasteiger partial charge in [-0.1, -0.05) is 23.2 Å². The Morgan fingerprint density at radius 2 is 2.16 bits per heavy atom. The molecule has 0 heterocycles. The number of benzene rings is 1. The van der Waals surface area contributed by atoms with Crippen molar-refractivity contribution in [1.82, 2.24) is 5.32 Å². The van der Waals surface area contributed by atoms with Crippen LogP contribution in [0.5, 0.6) is 0 Å². The van der Waals surface area contributed by atoms with Crippen molar-refractivity contribution in [3.8, 4) is 0 Å². The maximum absolute atomic E-state index is 11.9. The van der Waals surface area contributed by atoms with Crippen LogP contribution in [0.25, 0.3) is 0 Å². The third-order valence-corrected chi connectivity index (χ3v) is 3.16. The number of nitrogens with zero attached hydrogens (tertiary/aromatic N) is 1. The molecule has 8 heteroatoms. The Kier molecular flexibility index (Phi) is 5.53. The van der Waals surface area contributed by atoms with E-state index in [1.54, 1.807) is 0 Å². The number of nitro benzene ring substituents is 1. The number of rotatable bonds is 5. The zero-order valence-electron chi connectivity index (χ0n) is 10.2. The summed E-state index contributed by atoms with van der Waals surface area (Å²) in [4.78, 5) is 21.9. The Morgan fingerprint density at radius 1 is 1.53 bits per heavy atom. The minimum Gasteiger partial charge on any atom is -0.352 e. The Morgan fingerprint density at radius 3 is 2.68 bits per heavy atom. The summed E-state index contributed by atoms with van der Waals surface area (Å²) in [7, 11) is 0. The molecule has 0 aliphatic rings. The summed E-state index contributed by atoms with van der Waals surface area (Å²) in [5.41, 5.74) is 5.24. The molecule has 0 bridgehead atoms. The van der Waals surface area contributed by atoms with Crippen molar-refractivity contribution in [2.24, 2.45) is 5.73 Å². The maximum Gasteiger partial charge on any atom is 0.271 e. The first-order valence-electron chi connectivity index (χ1n) is 5.50. The zero-order chi connectivity index (χ0) is 14.6. The van der Waals surface area contributed by atoms with Crippen LogP contribution in [-0.4, -0.2) is 23.4 Å². The summed E-state index contributed by atoms with van der Waals surface area (Å²) in [5, 5.41) is 13.2. The Balaban J connectivity index is 2.92. The third-order valence-electron chi connectivity index (χ3n) is 2.35. The van der Waals surface area contributed by atoms with Crippen molar-refractivity contribution in [2.75, 3.05) is 6.54 Å². The fraction of sp³-hybridized carbons (Fsp3) is 0.364. The predicted molar refractivity (Wildman–Crippen MR) is 73.7 cm³/mol. The first-order valence-corrected chi connectivity index (χ1v) is 6.25. The summed E-state index contributed by atoms with van der Waals surface area (Å²) in [5.74, 6) is -0.517. The van der Waals surface area contributed by atoms with Gasteiger partial charge in [0, 0.05) is 24.7 Å². The van der Waals surface area contributed by atoms with Crippen LogP contribution in [0, 0.1) is 10.1 Å². The Labute approximate surface area is 120 Å². The lowest BCUT2D eigenvalue weighted by atomic mass is 10.1. The predicted octanol–water partition coefficient (Wildman–Crippen LogP) is 2.37. The van der Waals surface area contributed by atoms with Crippen LogP contribution in [0.4, 0.5) is 5.69 Å².